The van der Waals surface area contributed by atoms with Crippen LogP contribution in [0.25, 0.3) is 0 Å². The normalized spacial score (nSPS) is 11.2. The molecule has 11 nitrogen and oxygen atoms in total. The van der Waals surface area contributed by atoms with Crippen molar-refractivity contribution in [3.63, 3.8) is 0 Å². The van der Waals surface area contributed by atoms with Gasteiger partial charge in [-0.2, -0.15) is 0 Å². The summed E-state index contributed by atoms with van der Waals surface area (Å²) in [5.74, 6) is -0.803. The predicted octanol–water partition coefficient (Wildman–Crippen LogP) is 2.51. The smallest absolute Gasteiger partial charge is 0.408 e. The third-order valence-electron chi connectivity index (χ3n) is 3.86. The van der Waals surface area contributed by atoms with E-state index in [0.717, 1.165) is 24.8 Å². The van der Waals surface area contributed by atoms with Crippen molar-refractivity contribution < 1.29 is 28.9 Å². The first-order chi connectivity index (χ1) is 13.8. The molecule has 0 aliphatic rings. The average Bonchev–Trinajstić information content (AvgIpc) is 2.71. The van der Waals surface area contributed by atoms with Crippen LogP contribution in [0.4, 0.5) is 16.2 Å². The SMILES string of the molecule is COC(=O)[C@@H](Cc1ccc([N+](=O)[O-])c([N+](=O)[O-])c1)NC(=O)OCc1ccccc1. The molecule has 0 aliphatic heterocycles. The van der Waals surface area contributed by atoms with Crippen molar-refractivity contribution in [1.29, 1.82) is 0 Å². The molecule has 0 bridgehead atoms. The van der Waals surface area contributed by atoms with E-state index in [9.17, 15) is 29.8 Å². The lowest BCUT2D eigenvalue weighted by atomic mass is 10.0. The number of nitro groups is 2. The molecule has 0 aromatic heterocycles. The number of nitro benzene ring substituents is 2. The van der Waals surface area contributed by atoms with E-state index in [1.165, 1.54) is 6.07 Å². The molecule has 152 valence electrons. The second kappa shape index (κ2) is 9.78. The number of rotatable bonds is 8. The van der Waals surface area contributed by atoms with E-state index in [1.54, 1.807) is 30.3 Å². The van der Waals surface area contributed by atoms with Crippen LogP contribution in [0, 0.1) is 20.2 Å². The molecule has 1 amide bonds. The summed E-state index contributed by atoms with van der Waals surface area (Å²) in [6.45, 7) is -0.0242. The van der Waals surface area contributed by atoms with Crippen molar-refractivity contribution >= 4 is 23.4 Å². The van der Waals surface area contributed by atoms with Crippen LogP contribution < -0.4 is 5.32 Å². The number of nitrogens with zero attached hydrogens (tertiary/aromatic N) is 2. The minimum atomic E-state index is -1.20. The molecular weight excluding hydrogens is 386 g/mol. The van der Waals surface area contributed by atoms with Gasteiger partial charge in [0.15, 0.2) is 0 Å². The minimum absolute atomic E-state index is 0.0242. The lowest BCUT2D eigenvalue weighted by molar-refractivity contribution is -0.422. The first kappa shape index (κ1) is 21.3. The van der Waals surface area contributed by atoms with Crippen molar-refractivity contribution in [2.24, 2.45) is 0 Å². The van der Waals surface area contributed by atoms with E-state index >= 15 is 0 Å². The van der Waals surface area contributed by atoms with E-state index in [2.05, 4.69) is 10.1 Å². The fourth-order valence-corrected chi connectivity index (χ4v) is 2.47. The molecule has 11 heteroatoms. The van der Waals surface area contributed by atoms with Crippen LogP contribution in [0.3, 0.4) is 0 Å². The van der Waals surface area contributed by atoms with E-state index < -0.39 is 39.3 Å². The summed E-state index contributed by atoms with van der Waals surface area (Å²) in [5.41, 5.74) is -0.435. The molecule has 0 aliphatic carbocycles. The molecule has 0 fully saturated rings. The Balaban J connectivity index is 2.11. The number of hydrogen-bond acceptors (Lipinski definition) is 8. The fourth-order valence-electron chi connectivity index (χ4n) is 2.47. The van der Waals surface area contributed by atoms with Gasteiger partial charge in [-0.1, -0.05) is 36.4 Å². The van der Waals surface area contributed by atoms with Crippen molar-refractivity contribution in [2.45, 2.75) is 19.1 Å². The van der Waals surface area contributed by atoms with E-state index in [0.29, 0.717) is 0 Å². The standard InChI is InChI=1S/C18H17N3O8/c1-28-17(22)14(19-18(23)29-11-12-5-3-2-4-6-12)9-13-7-8-15(20(24)25)16(10-13)21(26)27/h2-8,10,14H,9,11H2,1H3,(H,19,23)/t14-/m1/s1. The average molecular weight is 403 g/mol. The first-order valence-electron chi connectivity index (χ1n) is 8.28. The number of carbonyl (C=O) groups excluding carboxylic acids is 2. The lowest BCUT2D eigenvalue weighted by Crippen LogP contribution is -2.43. The molecule has 2 aromatic rings. The lowest BCUT2D eigenvalue weighted by Gasteiger charge is -2.16. The highest BCUT2D eigenvalue weighted by molar-refractivity contribution is 5.81. The molecule has 2 rings (SSSR count). The Hall–Kier alpha value is -4.02. The van der Waals surface area contributed by atoms with Gasteiger partial charge in [-0.05, 0) is 11.1 Å². The molecule has 0 heterocycles. The maximum absolute atomic E-state index is 12.0. The van der Waals surface area contributed by atoms with Gasteiger partial charge in [0.25, 0.3) is 0 Å². The summed E-state index contributed by atoms with van der Waals surface area (Å²) in [6.07, 6.45) is -1.08. The summed E-state index contributed by atoms with van der Waals surface area (Å²) >= 11 is 0. The topological polar surface area (TPSA) is 151 Å². The maximum atomic E-state index is 12.0. The predicted molar refractivity (Wildman–Crippen MR) is 99.0 cm³/mol. The number of hydrogen-bond donors (Lipinski definition) is 1. The third-order valence-corrected chi connectivity index (χ3v) is 3.86. The molecule has 1 N–H and O–H groups in total. The summed E-state index contributed by atoms with van der Waals surface area (Å²) in [6, 6.07) is 10.9. The molecule has 2 aromatic carbocycles. The number of alkyl carbamates (subject to hydrolysis) is 1. The fraction of sp³-hybridized carbons (Fsp3) is 0.222. The van der Waals surface area contributed by atoms with Gasteiger partial charge in [0.2, 0.25) is 0 Å². The van der Waals surface area contributed by atoms with Crippen LogP contribution in [0.1, 0.15) is 11.1 Å². The van der Waals surface area contributed by atoms with Crippen molar-refractivity contribution in [1.82, 2.24) is 5.32 Å². The Bertz CT molecular complexity index is 917. The van der Waals surface area contributed by atoms with E-state index in [-0.39, 0.29) is 18.6 Å². The highest BCUT2D eigenvalue weighted by Gasteiger charge is 2.27. The highest BCUT2D eigenvalue weighted by Crippen LogP contribution is 2.28. The third kappa shape index (κ3) is 5.99. The monoisotopic (exact) mass is 403 g/mol. The van der Waals surface area contributed by atoms with Crippen molar-refractivity contribution in [3.8, 4) is 0 Å². The number of esters is 1. The zero-order valence-corrected chi connectivity index (χ0v) is 15.3. The zero-order valence-electron chi connectivity index (χ0n) is 15.3. The Morgan fingerprint density at radius 3 is 2.24 bits per heavy atom. The Morgan fingerprint density at radius 1 is 1.00 bits per heavy atom. The van der Waals surface area contributed by atoms with Crippen molar-refractivity contribution in [2.75, 3.05) is 7.11 Å². The van der Waals surface area contributed by atoms with Gasteiger partial charge in [0.1, 0.15) is 12.6 Å². The molecule has 0 saturated carbocycles. The summed E-state index contributed by atoms with van der Waals surface area (Å²) < 4.78 is 9.68. The number of methoxy groups -OCH3 is 1. The van der Waals surface area contributed by atoms with Crippen LogP contribution in [0.2, 0.25) is 0 Å². The van der Waals surface area contributed by atoms with E-state index in [1.807, 2.05) is 0 Å². The van der Waals surface area contributed by atoms with Gasteiger partial charge in [-0.15, -0.1) is 0 Å². The molecule has 29 heavy (non-hydrogen) atoms. The molecule has 0 unspecified atom stereocenters. The zero-order chi connectivity index (χ0) is 21.4. The van der Waals surface area contributed by atoms with Crippen LogP contribution in [-0.2, 0) is 27.3 Å². The number of amides is 1. The molecular formula is C18H17N3O8. The van der Waals surface area contributed by atoms with Gasteiger partial charge in [-0.25, -0.2) is 9.59 Å². The second-order valence-corrected chi connectivity index (χ2v) is 5.82. The van der Waals surface area contributed by atoms with Gasteiger partial charge >= 0.3 is 23.4 Å². The molecule has 0 radical (unpaired) electrons. The summed E-state index contributed by atoms with van der Waals surface area (Å²) in [4.78, 5) is 44.2. The number of nitrogens with one attached hydrogen (secondary N) is 1. The van der Waals surface area contributed by atoms with Crippen molar-refractivity contribution in [3.05, 3.63) is 79.9 Å². The van der Waals surface area contributed by atoms with Crippen LogP contribution in [0.5, 0.6) is 0 Å². The van der Waals surface area contributed by atoms with Gasteiger partial charge in [-0.3, -0.25) is 20.2 Å². The second-order valence-electron chi connectivity index (χ2n) is 5.82. The summed E-state index contributed by atoms with van der Waals surface area (Å²) in [7, 11) is 1.12. The van der Waals surface area contributed by atoms with Crippen LogP contribution in [0.15, 0.2) is 48.5 Å². The van der Waals surface area contributed by atoms with Gasteiger partial charge in [0, 0.05) is 18.6 Å². The summed E-state index contributed by atoms with van der Waals surface area (Å²) in [5, 5.41) is 24.3. The van der Waals surface area contributed by atoms with Gasteiger partial charge in [0.05, 0.1) is 17.0 Å². The van der Waals surface area contributed by atoms with E-state index in [4.69, 9.17) is 4.74 Å². The Kier molecular flexibility index (Phi) is 7.18. The van der Waals surface area contributed by atoms with Crippen LogP contribution >= 0.6 is 0 Å². The Morgan fingerprint density at radius 2 is 1.66 bits per heavy atom. The Labute approximate surface area is 164 Å². The maximum Gasteiger partial charge on any atom is 0.408 e. The number of carbonyl (C=O) groups is 2. The number of ether oxygens (including phenoxy) is 2. The van der Waals surface area contributed by atoms with Gasteiger partial charge < -0.3 is 14.8 Å². The molecule has 1 atom stereocenters. The largest absolute Gasteiger partial charge is 0.467 e. The highest BCUT2D eigenvalue weighted by atomic mass is 16.6. The van der Waals surface area contributed by atoms with Crippen LogP contribution in [-0.4, -0.2) is 35.1 Å². The minimum Gasteiger partial charge on any atom is -0.467 e. The molecule has 0 spiro atoms. The first-order valence-corrected chi connectivity index (χ1v) is 8.28. The number of benzene rings is 2. The molecule has 0 saturated heterocycles. The quantitative estimate of drug-likeness (QED) is 0.401.